The van der Waals surface area contributed by atoms with E-state index >= 15 is 0 Å². The number of Topliss-reactive ketones (excluding diaryl/α,β-unsaturated/α-hetero) is 1. The fourth-order valence-electron chi connectivity index (χ4n) is 0.782. The zero-order valence-corrected chi connectivity index (χ0v) is 6.51. The Morgan fingerprint density at radius 2 is 1.69 bits per heavy atom. The zero-order valence-electron chi connectivity index (χ0n) is 6.51. The molecular formula is C9H6F3O. The summed E-state index contributed by atoms with van der Waals surface area (Å²) < 4.78 is 35.3. The van der Waals surface area contributed by atoms with Gasteiger partial charge >= 0.3 is 6.18 Å². The summed E-state index contributed by atoms with van der Waals surface area (Å²) in [5.41, 5.74) is 0.254. The van der Waals surface area contributed by atoms with Crippen LogP contribution in [0.15, 0.2) is 30.3 Å². The van der Waals surface area contributed by atoms with Crippen molar-refractivity contribution < 1.29 is 18.0 Å². The van der Waals surface area contributed by atoms with Crippen LogP contribution in [0.3, 0.4) is 0 Å². The number of halogens is 3. The van der Waals surface area contributed by atoms with Gasteiger partial charge in [-0.2, -0.15) is 13.2 Å². The van der Waals surface area contributed by atoms with Crippen molar-refractivity contribution in [2.75, 3.05) is 0 Å². The average Bonchev–Trinajstić information content (AvgIpc) is 2.04. The molecule has 0 saturated heterocycles. The number of benzene rings is 1. The summed E-state index contributed by atoms with van der Waals surface area (Å²) in [7, 11) is 0. The van der Waals surface area contributed by atoms with Gasteiger partial charge in [0.15, 0.2) is 0 Å². The van der Waals surface area contributed by atoms with E-state index in [1.807, 2.05) is 0 Å². The lowest BCUT2D eigenvalue weighted by Crippen LogP contribution is -2.23. The third kappa shape index (κ3) is 2.89. The summed E-state index contributed by atoms with van der Waals surface area (Å²) in [4.78, 5) is 10.5. The van der Waals surface area contributed by atoms with Crippen molar-refractivity contribution in [3.8, 4) is 0 Å². The summed E-state index contributed by atoms with van der Waals surface area (Å²) in [5, 5.41) is 0. The molecule has 0 aliphatic rings. The molecule has 1 rings (SSSR count). The molecule has 69 valence electrons. The smallest absolute Gasteiger partial charge is 0.289 e. The first kappa shape index (κ1) is 9.77. The third-order valence-corrected chi connectivity index (χ3v) is 1.38. The third-order valence-electron chi connectivity index (χ3n) is 1.38. The molecule has 0 aromatic heterocycles. The molecule has 0 saturated carbocycles. The molecular weight excluding hydrogens is 181 g/mol. The molecule has 0 atom stereocenters. The van der Waals surface area contributed by atoms with Gasteiger partial charge in [0.25, 0.3) is 0 Å². The van der Waals surface area contributed by atoms with Crippen LogP contribution < -0.4 is 0 Å². The van der Waals surface area contributed by atoms with Gasteiger partial charge in [-0.05, 0) is 5.56 Å². The molecule has 0 amide bonds. The molecule has 0 unspecified atom stereocenters. The lowest BCUT2D eigenvalue weighted by atomic mass is 10.1. The molecule has 0 heterocycles. The maximum Gasteiger partial charge on any atom is 0.450 e. The van der Waals surface area contributed by atoms with Crippen LogP contribution in [0.2, 0.25) is 0 Å². The standard InChI is InChI=1S/C9H6F3O/c10-9(11,12)8(13)6-7-4-2-1-3-5-7/h1-6H. The Kier molecular flexibility index (Phi) is 2.70. The second-order valence-electron chi connectivity index (χ2n) is 2.42. The Hall–Kier alpha value is -1.32. The van der Waals surface area contributed by atoms with Crippen LogP contribution in [0.25, 0.3) is 0 Å². The summed E-state index contributed by atoms with van der Waals surface area (Å²) in [6.45, 7) is 0. The van der Waals surface area contributed by atoms with Crippen LogP contribution in [0.4, 0.5) is 13.2 Å². The molecule has 13 heavy (non-hydrogen) atoms. The lowest BCUT2D eigenvalue weighted by Gasteiger charge is -2.03. The first-order chi connectivity index (χ1) is 6.00. The van der Waals surface area contributed by atoms with Gasteiger partial charge in [0, 0.05) is 0 Å². The van der Waals surface area contributed by atoms with E-state index in [1.165, 1.54) is 12.1 Å². The van der Waals surface area contributed by atoms with Crippen molar-refractivity contribution in [1.82, 2.24) is 0 Å². The SMILES string of the molecule is O=C([CH]c1ccccc1)C(F)(F)F. The van der Waals surface area contributed by atoms with Gasteiger partial charge in [-0.15, -0.1) is 0 Å². The highest BCUT2D eigenvalue weighted by Crippen LogP contribution is 2.19. The van der Waals surface area contributed by atoms with Gasteiger partial charge in [-0.3, -0.25) is 4.79 Å². The van der Waals surface area contributed by atoms with E-state index in [9.17, 15) is 18.0 Å². The van der Waals surface area contributed by atoms with Crippen LogP contribution in [-0.4, -0.2) is 12.0 Å². The van der Waals surface area contributed by atoms with Gasteiger partial charge in [0.05, 0.1) is 6.42 Å². The molecule has 0 bridgehead atoms. The van der Waals surface area contributed by atoms with E-state index in [0.29, 0.717) is 6.42 Å². The van der Waals surface area contributed by atoms with Crippen LogP contribution >= 0.6 is 0 Å². The zero-order chi connectivity index (χ0) is 9.90. The second kappa shape index (κ2) is 3.60. The van der Waals surface area contributed by atoms with E-state index < -0.39 is 12.0 Å². The topological polar surface area (TPSA) is 17.1 Å². The quantitative estimate of drug-likeness (QED) is 0.694. The number of ketones is 1. The number of alkyl halides is 3. The molecule has 1 radical (unpaired) electrons. The minimum atomic E-state index is -4.78. The lowest BCUT2D eigenvalue weighted by molar-refractivity contribution is -0.166. The first-order valence-corrected chi connectivity index (χ1v) is 3.51. The molecule has 1 aromatic carbocycles. The highest BCUT2D eigenvalue weighted by Gasteiger charge is 2.37. The molecule has 4 heteroatoms. The second-order valence-corrected chi connectivity index (χ2v) is 2.42. The summed E-state index contributed by atoms with van der Waals surface area (Å²) >= 11 is 0. The number of hydrogen-bond donors (Lipinski definition) is 0. The van der Waals surface area contributed by atoms with E-state index in [-0.39, 0.29) is 5.56 Å². The van der Waals surface area contributed by atoms with Crippen molar-refractivity contribution in [2.24, 2.45) is 0 Å². The molecule has 1 nitrogen and oxygen atoms in total. The predicted octanol–water partition coefficient (Wildman–Crippen LogP) is 2.37. The van der Waals surface area contributed by atoms with E-state index in [2.05, 4.69) is 0 Å². The normalized spacial score (nSPS) is 11.3. The number of rotatable bonds is 2. The van der Waals surface area contributed by atoms with E-state index in [1.54, 1.807) is 18.2 Å². The number of carbonyl (C=O) groups excluding carboxylic acids is 1. The molecule has 1 aromatic rings. The van der Waals surface area contributed by atoms with Crippen molar-refractivity contribution in [3.63, 3.8) is 0 Å². The fourth-order valence-corrected chi connectivity index (χ4v) is 0.782. The Morgan fingerprint density at radius 3 is 2.15 bits per heavy atom. The maximum atomic E-state index is 11.8. The molecule has 0 aliphatic heterocycles. The maximum absolute atomic E-state index is 11.8. The Morgan fingerprint density at radius 1 is 1.15 bits per heavy atom. The van der Waals surface area contributed by atoms with Gasteiger partial charge in [-0.1, -0.05) is 30.3 Å². The Bertz CT molecular complexity index is 289. The van der Waals surface area contributed by atoms with Gasteiger partial charge < -0.3 is 0 Å². The van der Waals surface area contributed by atoms with E-state index in [0.717, 1.165) is 0 Å². The summed E-state index contributed by atoms with van der Waals surface area (Å²) in [6.07, 6.45) is -4.21. The van der Waals surface area contributed by atoms with Crippen molar-refractivity contribution in [1.29, 1.82) is 0 Å². The number of hydrogen-bond acceptors (Lipinski definition) is 1. The summed E-state index contributed by atoms with van der Waals surface area (Å²) in [5.74, 6) is -1.83. The highest BCUT2D eigenvalue weighted by molar-refractivity contribution is 5.94. The van der Waals surface area contributed by atoms with Crippen molar-refractivity contribution in [2.45, 2.75) is 6.18 Å². The first-order valence-electron chi connectivity index (χ1n) is 3.51. The van der Waals surface area contributed by atoms with Gasteiger partial charge in [-0.25, -0.2) is 0 Å². The van der Waals surface area contributed by atoms with Crippen LogP contribution in [0, 0.1) is 6.42 Å². The fraction of sp³-hybridized carbons (Fsp3) is 0.111. The Labute approximate surface area is 73.2 Å². The van der Waals surface area contributed by atoms with E-state index in [4.69, 9.17) is 0 Å². The minimum Gasteiger partial charge on any atom is -0.289 e. The molecule has 0 N–H and O–H groups in total. The highest BCUT2D eigenvalue weighted by atomic mass is 19.4. The van der Waals surface area contributed by atoms with Gasteiger partial charge in [0.2, 0.25) is 5.78 Å². The van der Waals surface area contributed by atoms with Crippen molar-refractivity contribution >= 4 is 5.78 Å². The molecule has 0 fully saturated rings. The van der Waals surface area contributed by atoms with Crippen LogP contribution in [0.5, 0.6) is 0 Å². The summed E-state index contributed by atoms with van der Waals surface area (Å²) in [6, 6.07) is 7.66. The minimum absolute atomic E-state index is 0.254. The van der Waals surface area contributed by atoms with Crippen molar-refractivity contribution in [3.05, 3.63) is 42.3 Å². The molecule has 0 aliphatic carbocycles. The number of carbonyl (C=O) groups is 1. The average molecular weight is 187 g/mol. The van der Waals surface area contributed by atoms with Crippen LogP contribution in [-0.2, 0) is 4.79 Å². The largest absolute Gasteiger partial charge is 0.450 e. The van der Waals surface area contributed by atoms with Crippen LogP contribution in [0.1, 0.15) is 5.56 Å². The monoisotopic (exact) mass is 187 g/mol. The van der Waals surface area contributed by atoms with Gasteiger partial charge in [0.1, 0.15) is 0 Å². The molecule has 0 spiro atoms. The Balaban J connectivity index is 2.66. The predicted molar refractivity (Wildman–Crippen MR) is 40.9 cm³/mol.